The SMILES string of the molecule is CCc1nc2sc(C)c(-c3ccc(Cl)c(Cl)c3)c2c(=O)n1C1CCN(C)CC1. The summed E-state index contributed by atoms with van der Waals surface area (Å²) in [6, 6.07) is 5.75. The number of benzene rings is 1. The van der Waals surface area contributed by atoms with Gasteiger partial charge in [0.25, 0.3) is 5.56 Å². The van der Waals surface area contributed by atoms with Crippen LogP contribution < -0.4 is 5.56 Å². The van der Waals surface area contributed by atoms with Crippen molar-refractivity contribution in [1.82, 2.24) is 14.5 Å². The van der Waals surface area contributed by atoms with E-state index in [4.69, 9.17) is 28.2 Å². The van der Waals surface area contributed by atoms with Crippen LogP contribution in [0.25, 0.3) is 21.3 Å². The summed E-state index contributed by atoms with van der Waals surface area (Å²) in [7, 11) is 2.13. The highest BCUT2D eigenvalue weighted by molar-refractivity contribution is 7.19. The topological polar surface area (TPSA) is 38.1 Å². The lowest BCUT2D eigenvalue weighted by Crippen LogP contribution is -2.37. The van der Waals surface area contributed by atoms with Crippen molar-refractivity contribution in [2.75, 3.05) is 20.1 Å². The maximum absolute atomic E-state index is 13.7. The van der Waals surface area contributed by atoms with E-state index in [2.05, 4.69) is 18.9 Å². The summed E-state index contributed by atoms with van der Waals surface area (Å²) in [5.74, 6) is 0.883. The summed E-state index contributed by atoms with van der Waals surface area (Å²) in [4.78, 5) is 22.8. The molecule has 1 fully saturated rings. The van der Waals surface area contributed by atoms with Crippen LogP contribution in [0.2, 0.25) is 10.0 Å². The molecular formula is C21H23Cl2N3OS. The van der Waals surface area contributed by atoms with Crippen molar-refractivity contribution in [3.05, 3.63) is 49.3 Å². The molecule has 0 aliphatic carbocycles. The third-order valence-electron chi connectivity index (χ3n) is 5.58. The normalized spacial score (nSPS) is 16.2. The fraction of sp³-hybridized carbons (Fsp3) is 0.429. The van der Waals surface area contributed by atoms with Gasteiger partial charge in [-0.2, -0.15) is 0 Å². The zero-order valence-corrected chi connectivity index (χ0v) is 18.6. The first kappa shape index (κ1) is 19.9. The zero-order valence-electron chi connectivity index (χ0n) is 16.3. The maximum atomic E-state index is 13.7. The molecule has 1 saturated heterocycles. The monoisotopic (exact) mass is 435 g/mol. The molecule has 4 nitrogen and oxygen atoms in total. The fourth-order valence-corrected chi connectivity index (χ4v) is 5.45. The molecule has 1 aromatic carbocycles. The molecule has 3 aromatic rings. The minimum Gasteiger partial charge on any atom is -0.306 e. The van der Waals surface area contributed by atoms with E-state index < -0.39 is 0 Å². The van der Waals surface area contributed by atoms with Gasteiger partial charge in [0.2, 0.25) is 0 Å². The van der Waals surface area contributed by atoms with Crippen molar-refractivity contribution >= 4 is 44.8 Å². The van der Waals surface area contributed by atoms with E-state index in [1.807, 2.05) is 23.6 Å². The molecule has 1 aliphatic heterocycles. The highest BCUT2D eigenvalue weighted by Crippen LogP contribution is 2.38. The molecule has 0 unspecified atom stereocenters. The predicted octanol–water partition coefficient (Wildman–Crippen LogP) is 5.57. The van der Waals surface area contributed by atoms with Gasteiger partial charge < -0.3 is 4.90 Å². The number of rotatable bonds is 3. The molecule has 0 atom stereocenters. The Balaban J connectivity index is 1.95. The Morgan fingerprint density at radius 3 is 2.57 bits per heavy atom. The Labute approximate surface area is 178 Å². The molecule has 3 heterocycles. The smallest absolute Gasteiger partial charge is 0.263 e. The van der Waals surface area contributed by atoms with Crippen LogP contribution in [-0.4, -0.2) is 34.6 Å². The first-order valence-electron chi connectivity index (χ1n) is 9.59. The predicted molar refractivity (Wildman–Crippen MR) is 119 cm³/mol. The number of aryl methyl sites for hydroxylation is 2. The second-order valence-electron chi connectivity index (χ2n) is 7.43. The molecule has 0 saturated carbocycles. The van der Waals surface area contributed by atoms with Gasteiger partial charge in [-0.05, 0) is 57.6 Å². The number of likely N-dealkylation sites (tertiary alicyclic amines) is 1. The van der Waals surface area contributed by atoms with Crippen LogP contribution in [-0.2, 0) is 6.42 Å². The molecule has 0 radical (unpaired) electrons. The maximum Gasteiger partial charge on any atom is 0.263 e. The summed E-state index contributed by atoms with van der Waals surface area (Å²) < 4.78 is 1.96. The Morgan fingerprint density at radius 1 is 1.21 bits per heavy atom. The first-order valence-corrected chi connectivity index (χ1v) is 11.2. The molecule has 0 amide bonds. The average Bonchev–Trinajstić information content (AvgIpc) is 3.01. The van der Waals surface area contributed by atoms with Crippen molar-refractivity contribution in [2.45, 2.75) is 39.2 Å². The van der Waals surface area contributed by atoms with Gasteiger partial charge in [0, 0.05) is 22.9 Å². The Morgan fingerprint density at radius 2 is 1.93 bits per heavy atom. The molecule has 2 aromatic heterocycles. The van der Waals surface area contributed by atoms with Crippen molar-refractivity contribution in [1.29, 1.82) is 0 Å². The van der Waals surface area contributed by atoms with E-state index in [9.17, 15) is 4.79 Å². The van der Waals surface area contributed by atoms with Crippen molar-refractivity contribution in [3.63, 3.8) is 0 Å². The molecular weight excluding hydrogens is 413 g/mol. The minimum absolute atomic E-state index is 0.0711. The fourth-order valence-electron chi connectivity index (χ4n) is 4.09. The standard InChI is InChI=1S/C21H23Cl2N3OS/c1-4-17-24-20-19(21(27)26(17)14-7-9-25(3)10-8-14)18(12(2)28-20)13-5-6-15(22)16(23)11-13/h5-6,11,14H,4,7-10H2,1-3H3. The first-order chi connectivity index (χ1) is 13.4. The summed E-state index contributed by atoms with van der Waals surface area (Å²) >= 11 is 13.9. The quantitative estimate of drug-likeness (QED) is 0.539. The van der Waals surface area contributed by atoms with Crippen LogP contribution in [0.3, 0.4) is 0 Å². The number of halogens is 2. The lowest BCUT2D eigenvalue weighted by atomic mass is 10.0. The molecule has 148 valence electrons. The van der Waals surface area contributed by atoms with Crippen molar-refractivity contribution < 1.29 is 0 Å². The van der Waals surface area contributed by atoms with E-state index in [1.165, 1.54) is 0 Å². The molecule has 1 aliphatic rings. The largest absolute Gasteiger partial charge is 0.306 e. The summed E-state index contributed by atoms with van der Waals surface area (Å²) in [5.41, 5.74) is 1.92. The van der Waals surface area contributed by atoms with Gasteiger partial charge in [-0.25, -0.2) is 4.98 Å². The highest BCUT2D eigenvalue weighted by atomic mass is 35.5. The van der Waals surface area contributed by atoms with E-state index in [-0.39, 0.29) is 11.6 Å². The van der Waals surface area contributed by atoms with Crippen molar-refractivity contribution in [2.24, 2.45) is 0 Å². The van der Waals surface area contributed by atoms with Crippen LogP contribution >= 0.6 is 34.5 Å². The molecule has 0 bridgehead atoms. The number of piperidine rings is 1. The lowest BCUT2D eigenvalue weighted by Gasteiger charge is -2.31. The van der Waals surface area contributed by atoms with Crippen LogP contribution in [0.4, 0.5) is 0 Å². The summed E-state index contributed by atoms with van der Waals surface area (Å²) in [5, 5.41) is 1.71. The lowest BCUT2D eigenvalue weighted by molar-refractivity contribution is 0.216. The van der Waals surface area contributed by atoms with Gasteiger partial charge in [0.05, 0.1) is 15.4 Å². The number of thiophene rings is 1. The number of hydrogen-bond acceptors (Lipinski definition) is 4. The number of nitrogens with zero attached hydrogens (tertiary/aromatic N) is 3. The van der Waals surface area contributed by atoms with Gasteiger partial charge in [-0.1, -0.05) is 36.2 Å². The zero-order chi connectivity index (χ0) is 20.0. The van der Waals surface area contributed by atoms with Crippen LogP contribution in [0.1, 0.15) is 36.5 Å². The van der Waals surface area contributed by atoms with Gasteiger partial charge in [0.1, 0.15) is 10.7 Å². The minimum atomic E-state index is 0.0711. The van der Waals surface area contributed by atoms with E-state index in [1.54, 1.807) is 17.4 Å². The second-order valence-corrected chi connectivity index (χ2v) is 9.45. The third-order valence-corrected chi connectivity index (χ3v) is 7.32. The second kappa shape index (κ2) is 7.79. The summed E-state index contributed by atoms with van der Waals surface area (Å²) in [6.07, 6.45) is 2.69. The van der Waals surface area contributed by atoms with E-state index >= 15 is 0 Å². The third kappa shape index (κ3) is 3.39. The van der Waals surface area contributed by atoms with Crippen molar-refractivity contribution in [3.8, 4) is 11.1 Å². The molecule has 0 N–H and O–H groups in total. The Hall–Kier alpha value is -1.40. The van der Waals surface area contributed by atoms with Gasteiger partial charge in [0.15, 0.2) is 0 Å². The van der Waals surface area contributed by atoms with Crippen LogP contribution in [0, 0.1) is 6.92 Å². The van der Waals surface area contributed by atoms with E-state index in [0.29, 0.717) is 15.4 Å². The Kier molecular flexibility index (Phi) is 5.53. The van der Waals surface area contributed by atoms with E-state index in [0.717, 1.165) is 59.0 Å². The van der Waals surface area contributed by atoms with Gasteiger partial charge in [-0.3, -0.25) is 9.36 Å². The average molecular weight is 436 g/mol. The molecule has 4 rings (SSSR count). The van der Waals surface area contributed by atoms with Crippen LogP contribution in [0.5, 0.6) is 0 Å². The molecule has 28 heavy (non-hydrogen) atoms. The number of fused-ring (bicyclic) bond motifs is 1. The molecule has 0 spiro atoms. The molecule has 7 heteroatoms. The van der Waals surface area contributed by atoms with Crippen LogP contribution in [0.15, 0.2) is 23.0 Å². The van der Waals surface area contributed by atoms with Gasteiger partial charge >= 0.3 is 0 Å². The van der Waals surface area contributed by atoms with Gasteiger partial charge in [-0.15, -0.1) is 11.3 Å². The Bertz CT molecular complexity index is 1100. The highest BCUT2D eigenvalue weighted by Gasteiger charge is 2.25. The number of aromatic nitrogens is 2. The summed E-state index contributed by atoms with van der Waals surface area (Å²) in [6.45, 7) is 6.11. The number of hydrogen-bond donors (Lipinski definition) is 0.